The quantitative estimate of drug-likeness (QED) is 0.767. The first kappa shape index (κ1) is 17.2. The van der Waals surface area contributed by atoms with Gasteiger partial charge in [0, 0.05) is 58.6 Å². The van der Waals surface area contributed by atoms with Gasteiger partial charge in [0.15, 0.2) is 0 Å². The van der Waals surface area contributed by atoms with Crippen LogP contribution in [-0.2, 0) is 4.74 Å². The molecule has 0 bridgehead atoms. The van der Waals surface area contributed by atoms with Crippen molar-refractivity contribution in [3.8, 4) is 0 Å². The molecule has 1 N–H and O–H groups in total. The number of aliphatic hydroxyl groups is 1. The van der Waals surface area contributed by atoms with Gasteiger partial charge in [-0.2, -0.15) is 0 Å². The lowest BCUT2D eigenvalue weighted by atomic mass is 10.2. The van der Waals surface area contributed by atoms with Crippen LogP contribution in [0.3, 0.4) is 0 Å². The van der Waals surface area contributed by atoms with Gasteiger partial charge in [-0.15, -0.1) is 0 Å². The van der Waals surface area contributed by atoms with Crippen LogP contribution in [0.25, 0.3) is 0 Å². The van der Waals surface area contributed by atoms with Gasteiger partial charge < -0.3 is 19.6 Å². The molecule has 0 aromatic heterocycles. The number of hydrogen-bond acceptors (Lipinski definition) is 5. The van der Waals surface area contributed by atoms with Gasteiger partial charge in [0.1, 0.15) is 0 Å². The Morgan fingerprint density at radius 3 is 2.50 bits per heavy atom. The number of benzene rings is 1. The second-order valence-electron chi connectivity index (χ2n) is 6.04. The zero-order valence-corrected chi connectivity index (χ0v) is 13.8. The molecule has 124 valence electrons. The summed E-state index contributed by atoms with van der Waals surface area (Å²) in [6.07, 6.45) is -0.398. The van der Waals surface area contributed by atoms with Gasteiger partial charge >= 0.3 is 0 Å². The third kappa shape index (κ3) is 5.57. The minimum absolute atomic E-state index is 0.398. The van der Waals surface area contributed by atoms with Crippen molar-refractivity contribution < 1.29 is 9.84 Å². The number of aliphatic hydroxyl groups excluding tert-OH is 1. The smallest absolute Gasteiger partial charge is 0.0899 e. The van der Waals surface area contributed by atoms with E-state index in [0.717, 1.165) is 39.3 Å². The van der Waals surface area contributed by atoms with E-state index in [1.54, 1.807) is 7.11 Å². The highest BCUT2D eigenvalue weighted by Gasteiger charge is 2.17. The fraction of sp³-hybridized carbons (Fsp3) is 0.647. The van der Waals surface area contributed by atoms with Crippen LogP contribution in [0.4, 0.5) is 5.69 Å². The van der Waals surface area contributed by atoms with Crippen LogP contribution in [0.5, 0.6) is 0 Å². The lowest BCUT2D eigenvalue weighted by Gasteiger charge is -2.36. The largest absolute Gasteiger partial charge is 0.389 e. The van der Waals surface area contributed by atoms with E-state index in [2.05, 4.69) is 52.1 Å². The molecule has 1 atom stereocenters. The molecule has 5 nitrogen and oxygen atoms in total. The van der Waals surface area contributed by atoms with E-state index in [9.17, 15) is 5.11 Å². The summed E-state index contributed by atoms with van der Waals surface area (Å²) < 4.78 is 4.96. The van der Waals surface area contributed by atoms with Crippen molar-refractivity contribution in [1.82, 2.24) is 9.80 Å². The SMILES string of the molecule is COC[C@H](O)CN(C)CCN1CCN(c2ccccc2)CC1. The van der Waals surface area contributed by atoms with Crippen LogP contribution < -0.4 is 4.90 Å². The van der Waals surface area contributed by atoms with Crippen LogP contribution in [0.15, 0.2) is 30.3 Å². The number of nitrogens with zero attached hydrogens (tertiary/aromatic N) is 3. The molecule has 0 saturated carbocycles. The Hall–Kier alpha value is -1.14. The molecular weight excluding hydrogens is 278 g/mol. The Morgan fingerprint density at radius 2 is 1.86 bits per heavy atom. The lowest BCUT2D eigenvalue weighted by Crippen LogP contribution is -2.48. The lowest BCUT2D eigenvalue weighted by molar-refractivity contribution is 0.0413. The molecule has 0 radical (unpaired) electrons. The molecule has 1 saturated heterocycles. The van der Waals surface area contributed by atoms with E-state index >= 15 is 0 Å². The Morgan fingerprint density at radius 1 is 1.18 bits per heavy atom. The number of methoxy groups -OCH3 is 1. The molecule has 2 rings (SSSR count). The first-order chi connectivity index (χ1) is 10.7. The molecule has 1 aromatic carbocycles. The topological polar surface area (TPSA) is 39.2 Å². The number of para-hydroxylation sites is 1. The number of hydrogen-bond donors (Lipinski definition) is 1. The van der Waals surface area contributed by atoms with Gasteiger partial charge in [0.25, 0.3) is 0 Å². The third-order valence-corrected chi connectivity index (χ3v) is 4.17. The maximum atomic E-state index is 9.73. The number of ether oxygens (including phenoxy) is 1. The minimum atomic E-state index is -0.398. The average molecular weight is 307 g/mol. The van der Waals surface area contributed by atoms with Crippen molar-refractivity contribution in [2.24, 2.45) is 0 Å². The molecule has 0 amide bonds. The fourth-order valence-corrected chi connectivity index (χ4v) is 2.88. The summed E-state index contributed by atoms with van der Waals surface area (Å²) >= 11 is 0. The van der Waals surface area contributed by atoms with Gasteiger partial charge in [-0.05, 0) is 19.2 Å². The molecule has 22 heavy (non-hydrogen) atoms. The molecule has 1 aromatic rings. The second-order valence-corrected chi connectivity index (χ2v) is 6.04. The average Bonchev–Trinajstić information content (AvgIpc) is 2.54. The number of piperazine rings is 1. The number of anilines is 1. The third-order valence-electron chi connectivity index (χ3n) is 4.17. The van der Waals surface area contributed by atoms with Crippen molar-refractivity contribution in [1.29, 1.82) is 0 Å². The minimum Gasteiger partial charge on any atom is -0.389 e. The van der Waals surface area contributed by atoms with Crippen molar-refractivity contribution in [3.63, 3.8) is 0 Å². The van der Waals surface area contributed by atoms with Crippen LogP contribution in [0, 0.1) is 0 Å². The highest BCUT2D eigenvalue weighted by atomic mass is 16.5. The van der Waals surface area contributed by atoms with E-state index in [4.69, 9.17) is 4.74 Å². The second kappa shape index (κ2) is 9.10. The summed E-state index contributed by atoms with van der Waals surface area (Å²) in [5.41, 5.74) is 1.32. The monoisotopic (exact) mass is 307 g/mol. The molecule has 1 fully saturated rings. The summed E-state index contributed by atoms with van der Waals surface area (Å²) in [5.74, 6) is 0. The summed E-state index contributed by atoms with van der Waals surface area (Å²) in [6.45, 7) is 7.47. The highest BCUT2D eigenvalue weighted by Crippen LogP contribution is 2.15. The van der Waals surface area contributed by atoms with Gasteiger partial charge in [0.05, 0.1) is 12.7 Å². The van der Waals surface area contributed by atoms with E-state index in [-0.39, 0.29) is 0 Å². The standard InChI is InChI=1S/C17H29N3O2/c1-18(14-17(21)15-22-2)8-9-19-10-12-20(13-11-19)16-6-4-3-5-7-16/h3-7,17,21H,8-15H2,1-2H3/t17-/m1/s1. The molecular formula is C17H29N3O2. The molecule has 0 unspecified atom stereocenters. The maximum absolute atomic E-state index is 9.73. The van der Waals surface area contributed by atoms with E-state index < -0.39 is 6.10 Å². The summed E-state index contributed by atoms with van der Waals surface area (Å²) in [4.78, 5) is 7.12. The Bertz CT molecular complexity index is 408. The molecule has 1 aliphatic heterocycles. The van der Waals surface area contributed by atoms with Gasteiger partial charge in [-0.3, -0.25) is 4.90 Å². The predicted molar refractivity (Wildman–Crippen MR) is 90.5 cm³/mol. The summed E-state index contributed by atoms with van der Waals surface area (Å²) in [6, 6.07) is 10.6. The Labute approximate surface area is 134 Å². The van der Waals surface area contributed by atoms with Crippen molar-refractivity contribution in [3.05, 3.63) is 30.3 Å². The maximum Gasteiger partial charge on any atom is 0.0899 e. The Balaban J connectivity index is 1.65. The molecule has 0 aliphatic carbocycles. The van der Waals surface area contributed by atoms with Crippen LogP contribution >= 0.6 is 0 Å². The van der Waals surface area contributed by atoms with Crippen LogP contribution in [-0.4, -0.2) is 87.6 Å². The normalized spacial score (nSPS) is 17.9. The zero-order valence-electron chi connectivity index (χ0n) is 13.8. The number of rotatable bonds is 8. The summed E-state index contributed by atoms with van der Waals surface area (Å²) in [7, 11) is 3.68. The van der Waals surface area contributed by atoms with Crippen LogP contribution in [0.1, 0.15) is 0 Å². The zero-order chi connectivity index (χ0) is 15.8. The molecule has 0 spiro atoms. The van der Waals surface area contributed by atoms with Crippen LogP contribution in [0.2, 0.25) is 0 Å². The van der Waals surface area contributed by atoms with Gasteiger partial charge in [-0.25, -0.2) is 0 Å². The van der Waals surface area contributed by atoms with E-state index in [0.29, 0.717) is 13.2 Å². The predicted octanol–water partition coefficient (Wildman–Crippen LogP) is 0.748. The molecule has 1 aliphatic rings. The van der Waals surface area contributed by atoms with Crippen molar-refractivity contribution in [2.45, 2.75) is 6.10 Å². The first-order valence-corrected chi connectivity index (χ1v) is 8.07. The van der Waals surface area contributed by atoms with Gasteiger partial charge in [0.2, 0.25) is 0 Å². The first-order valence-electron chi connectivity index (χ1n) is 8.07. The summed E-state index contributed by atoms with van der Waals surface area (Å²) in [5, 5.41) is 9.73. The van der Waals surface area contributed by atoms with Crippen molar-refractivity contribution >= 4 is 5.69 Å². The molecule has 5 heteroatoms. The van der Waals surface area contributed by atoms with E-state index in [1.807, 2.05) is 0 Å². The fourth-order valence-electron chi connectivity index (χ4n) is 2.88. The number of likely N-dealkylation sites (N-methyl/N-ethyl adjacent to an activating group) is 1. The molecule has 1 heterocycles. The van der Waals surface area contributed by atoms with E-state index in [1.165, 1.54) is 5.69 Å². The van der Waals surface area contributed by atoms with Crippen molar-refractivity contribution in [2.75, 3.05) is 71.5 Å². The highest BCUT2D eigenvalue weighted by molar-refractivity contribution is 5.46. The van der Waals surface area contributed by atoms with Gasteiger partial charge in [-0.1, -0.05) is 18.2 Å². The Kier molecular flexibility index (Phi) is 7.12.